The summed E-state index contributed by atoms with van der Waals surface area (Å²) in [5.74, 6) is -1.31. The third kappa shape index (κ3) is 3.98. The molecule has 2 N–H and O–H groups in total. The molecule has 1 aromatic carbocycles. The highest BCUT2D eigenvalue weighted by molar-refractivity contribution is 5.97. The Morgan fingerprint density at radius 3 is 2.63 bits per heavy atom. The minimum absolute atomic E-state index is 0.113. The molecule has 0 aliphatic rings. The lowest BCUT2D eigenvalue weighted by atomic mass is 10.1. The van der Waals surface area contributed by atoms with Crippen LogP contribution in [0.1, 0.15) is 29.3 Å². The Kier molecular flexibility index (Phi) is 5.36. The van der Waals surface area contributed by atoms with E-state index in [2.05, 4.69) is 5.32 Å². The molecule has 1 rings (SSSR count). The quantitative estimate of drug-likeness (QED) is 0.823. The maximum Gasteiger partial charge on any atom is 0.308 e. The van der Waals surface area contributed by atoms with Crippen molar-refractivity contribution in [2.45, 2.75) is 20.3 Å². The predicted molar refractivity (Wildman–Crippen MR) is 71.5 cm³/mol. The minimum atomic E-state index is -0.904. The van der Waals surface area contributed by atoms with Crippen LogP contribution in [-0.2, 0) is 4.79 Å². The van der Waals surface area contributed by atoms with Gasteiger partial charge in [-0.05, 0) is 25.5 Å². The third-order valence-corrected chi connectivity index (χ3v) is 2.95. The molecule has 5 nitrogen and oxygen atoms in total. The number of rotatable bonds is 6. The van der Waals surface area contributed by atoms with E-state index in [0.717, 1.165) is 5.56 Å². The summed E-state index contributed by atoms with van der Waals surface area (Å²) in [5.41, 5.74) is 1.36. The van der Waals surface area contributed by atoms with E-state index >= 15 is 0 Å². The van der Waals surface area contributed by atoms with E-state index in [4.69, 9.17) is 9.84 Å². The summed E-state index contributed by atoms with van der Waals surface area (Å²) in [7, 11) is 1.49. The van der Waals surface area contributed by atoms with Gasteiger partial charge in [0.05, 0.1) is 18.6 Å². The highest BCUT2D eigenvalue weighted by Crippen LogP contribution is 2.19. The van der Waals surface area contributed by atoms with Crippen molar-refractivity contribution < 1.29 is 19.4 Å². The molecule has 0 fully saturated rings. The molecule has 0 heterocycles. The van der Waals surface area contributed by atoms with Gasteiger partial charge in [-0.3, -0.25) is 9.59 Å². The van der Waals surface area contributed by atoms with Gasteiger partial charge < -0.3 is 15.2 Å². The second-order valence-electron chi connectivity index (χ2n) is 4.36. The first-order valence-corrected chi connectivity index (χ1v) is 6.15. The van der Waals surface area contributed by atoms with Gasteiger partial charge in [-0.25, -0.2) is 0 Å². The highest BCUT2D eigenvalue weighted by atomic mass is 16.5. The van der Waals surface area contributed by atoms with Crippen LogP contribution in [0.3, 0.4) is 0 Å². The van der Waals surface area contributed by atoms with E-state index < -0.39 is 11.9 Å². The van der Waals surface area contributed by atoms with Crippen molar-refractivity contribution in [3.8, 4) is 5.75 Å². The molecule has 0 spiro atoms. The van der Waals surface area contributed by atoms with Crippen molar-refractivity contribution in [1.82, 2.24) is 5.32 Å². The average molecular weight is 265 g/mol. The number of aryl methyl sites for hydroxylation is 1. The highest BCUT2D eigenvalue weighted by Gasteiger charge is 2.18. The molecule has 1 amide bonds. The molecule has 0 saturated heterocycles. The van der Waals surface area contributed by atoms with E-state index in [9.17, 15) is 9.59 Å². The molecule has 0 aromatic heterocycles. The van der Waals surface area contributed by atoms with Crippen molar-refractivity contribution in [3.05, 3.63) is 29.3 Å². The van der Waals surface area contributed by atoms with E-state index in [1.807, 2.05) is 13.0 Å². The standard InChI is InChI=1S/C14H19NO4/c1-4-10(14(17)18)8-15-13(16)11-7-9(2)5-6-12(11)19-3/h5-7,10H,4,8H2,1-3H3,(H,15,16)(H,17,18). The zero-order valence-electron chi connectivity index (χ0n) is 11.4. The van der Waals surface area contributed by atoms with Crippen molar-refractivity contribution in [2.75, 3.05) is 13.7 Å². The fourth-order valence-corrected chi connectivity index (χ4v) is 1.72. The van der Waals surface area contributed by atoms with Gasteiger partial charge in [0, 0.05) is 6.54 Å². The van der Waals surface area contributed by atoms with Crippen LogP contribution < -0.4 is 10.1 Å². The Hall–Kier alpha value is -2.04. The lowest BCUT2D eigenvalue weighted by Crippen LogP contribution is -2.32. The number of benzene rings is 1. The first-order valence-electron chi connectivity index (χ1n) is 6.15. The van der Waals surface area contributed by atoms with E-state index in [1.165, 1.54) is 7.11 Å². The number of carbonyl (C=O) groups excluding carboxylic acids is 1. The fourth-order valence-electron chi connectivity index (χ4n) is 1.72. The molecule has 0 radical (unpaired) electrons. The van der Waals surface area contributed by atoms with Gasteiger partial charge in [0.25, 0.3) is 5.91 Å². The van der Waals surface area contributed by atoms with Gasteiger partial charge in [-0.1, -0.05) is 18.6 Å². The molecule has 1 unspecified atom stereocenters. The van der Waals surface area contributed by atoms with Crippen molar-refractivity contribution in [3.63, 3.8) is 0 Å². The minimum Gasteiger partial charge on any atom is -0.496 e. The number of carboxylic acids is 1. The molecule has 1 atom stereocenters. The summed E-state index contributed by atoms with van der Waals surface area (Å²) in [6.07, 6.45) is 0.473. The zero-order chi connectivity index (χ0) is 14.4. The molecule has 5 heteroatoms. The van der Waals surface area contributed by atoms with Crippen LogP contribution in [0, 0.1) is 12.8 Å². The lowest BCUT2D eigenvalue weighted by Gasteiger charge is -2.13. The number of nitrogens with one attached hydrogen (secondary N) is 1. The molecule has 0 aliphatic heterocycles. The number of amides is 1. The van der Waals surface area contributed by atoms with Gasteiger partial charge in [0.2, 0.25) is 0 Å². The number of carbonyl (C=O) groups is 2. The van der Waals surface area contributed by atoms with Crippen molar-refractivity contribution >= 4 is 11.9 Å². The van der Waals surface area contributed by atoms with Crippen LogP contribution >= 0.6 is 0 Å². The number of hydrogen-bond donors (Lipinski definition) is 2. The van der Waals surface area contributed by atoms with Gasteiger partial charge in [-0.2, -0.15) is 0 Å². The number of carboxylic acid groups (broad SMARTS) is 1. The van der Waals surface area contributed by atoms with Crippen molar-refractivity contribution in [1.29, 1.82) is 0 Å². The molecular weight excluding hydrogens is 246 g/mol. The Balaban J connectivity index is 2.78. The largest absolute Gasteiger partial charge is 0.496 e. The average Bonchev–Trinajstić information content (AvgIpc) is 2.38. The predicted octanol–water partition coefficient (Wildman–Crippen LogP) is 1.84. The fraction of sp³-hybridized carbons (Fsp3) is 0.429. The second kappa shape index (κ2) is 6.78. The maximum atomic E-state index is 12.0. The number of hydrogen-bond acceptors (Lipinski definition) is 3. The normalized spacial score (nSPS) is 11.7. The van der Waals surface area contributed by atoms with Gasteiger partial charge >= 0.3 is 5.97 Å². The Bertz CT molecular complexity index is 471. The monoisotopic (exact) mass is 265 g/mol. The smallest absolute Gasteiger partial charge is 0.308 e. The topological polar surface area (TPSA) is 75.6 Å². The summed E-state index contributed by atoms with van der Waals surface area (Å²) in [4.78, 5) is 22.9. The molecular formula is C14H19NO4. The van der Waals surface area contributed by atoms with E-state index in [1.54, 1.807) is 19.1 Å². The summed E-state index contributed by atoms with van der Waals surface area (Å²) in [6.45, 7) is 3.77. The Morgan fingerprint density at radius 1 is 1.42 bits per heavy atom. The van der Waals surface area contributed by atoms with Crippen molar-refractivity contribution in [2.24, 2.45) is 5.92 Å². The number of aliphatic carboxylic acids is 1. The maximum absolute atomic E-state index is 12.0. The molecule has 0 saturated carbocycles. The number of methoxy groups -OCH3 is 1. The van der Waals surface area contributed by atoms with Crippen LogP contribution in [0.15, 0.2) is 18.2 Å². The molecule has 104 valence electrons. The Labute approximate surface area is 112 Å². The lowest BCUT2D eigenvalue weighted by molar-refractivity contribution is -0.141. The summed E-state index contributed by atoms with van der Waals surface area (Å²) >= 11 is 0. The van der Waals surface area contributed by atoms with Crippen LogP contribution in [0.25, 0.3) is 0 Å². The molecule has 0 aliphatic carbocycles. The molecule has 1 aromatic rings. The van der Waals surface area contributed by atoms with Gasteiger partial charge in [0.15, 0.2) is 0 Å². The SMILES string of the molecule is CCC(CNC(=O)c1cc(C)ccc1OC)C(=O)O. The number of ether oxygens (including phenoxy) is 1. The first kappa shape index (κ1) is 15.0. The summed E-state index contributed by atoms with van der Waals surface area (Å²) in [5, 5.41) is 11.6. The van der Waals surface area contributed by atoms with Gasteiger partial charge in [0.1, 0.15) is 5.75 Å². The third-order valence-electron chi connectivity index (χ3n) is 2.95. The summed E-state index contributed by atoms with van der Waals surface area (Å²) in [6, 6.07) is 5.29. The van der Waals surface area contributed by atoms with Crippen LogP contribution in [0.4, 0.5) is 0 Å². The second-order valence-corrected chi connectivity index (χ2v) is 4.36. The van der Waals surface area contributed by atoms with Crippen LogP contribution in [-0.4, -0.2) is 30.6 Å². The van der Waals surface area contributed by atoms with E-state index in [-0.39, 0.29) is 12.5 Å². The van der Waals surface area contributed by atoms with Crippen LogP contribution in [0.5, 0.6) is 5.75 Å². The molecule has 19 heavy (non-hydrogen) atoms. The van der Waals surface area contributed by atoms with Gasteiger partial charge in [-0.15, -0.1) is 0 Å². The molecule has 0 bridgehead atoms. The Morgan fingerprint density at radius 2 is 2.11 bits per heavy atom. The first-order chi connectivity index (χ1) is 8.99. The van der Waals surface area contributed by atoms with E-state index in [0.29, 0.717) is 17.7 Å². The zero-order valence-corrected chi connectivity index (χ0v) is 11.4. The summed E-state index contributed by atoms with van der Waals surface area (Å²) < 4.78 is 5.12. The van der Waals surface area contributed by atoms with Crippen LogP contribution in [0.2, 0.25) is 0 Å².